The minimum Gasteiger partial charge on any atom is -0.423 e. The SMILES string of the molecule is COCCCNC(=O)c1cc2ccc(OC(=O)c3ccc(Cl)c(Cl)c3)cc2oc1=O. The van der Waals surface area contributed by atoms with Gasteiger partial charge in [0.05, 0.1) is 15.6 Å². The highest BCUT2D eigenvalue weighted by molar-refractivity contribution is 6.42. The molecule has 156 valence electrons. The van der Waals surface area contributed by atoms with Gasteiger partial charge in [-0.25, -0.2) is 9.59 Å². The maximum Gasteiger partial charge on any atom is 0.349 e. The Morgan fingerprint density at radius 2 is 1.87 bits per heavy atom. The standard InChI is InChI=1S/C21H17Cl2NO6/c1-28-8-2-7-24-19(25)15-9-12-3-5-14(11-18(12)30-21(15)27)29-20(26)13-4-6-16(22)17(23)10-13/h3-6,9-11H,2,7-8H2,1H3,(H,24,25). The van der Waals surface area contributed by atoms with Gasteiger partial charge in [0, 0.05) is 31.7 Å². The molecule has 0 radical (unpaired) electrons. The lowest BCUT2D eigenvalue weighted by atomic mass is 10.1. The van der Waals surface area contributed by atoms with Gasteiger partial charge in [-0.2, -0.15) is 0 Å². The molecule has 0 atom stereocenters. The van der Waals surface area contributed by atoms with Gasteiger partial charge in [0.2, 0.25) is 0 Å². The molecule has 0 unspecified atom stereocenters. The largest absolute Gasteiger partial charge is 0.423 e. The predicted octanol–water partition coefficient (Wildman–Crippen LogP) is 4.09. The molecular weight excluding hydrogens is 433 g/mol. The van der Waals surface area contributed by atoms with Crippen LogP contribution in [0.4, 0.5) is 0 Å². The molecule has 2 aromatic carbocycles. The monoisotopic (exact) mass is 449 g/mol. The minimum atomic E-state index is -0.792. The summed E-state index contributed by atoms with van der Waals surface area (Å²) in [6, 6.07) is 10.3. The third-order valence-corrected chi connectivity index (χ3v) is 4.87. The molecule has 0 fully saturated rings. The maximum atomic E-state index is 12.3. The van der Waals surface area contributed by atoms with E-state index in [0.29, 0.717) is 30.0 Å². The topological polar surface area (TPSA) is 94.8 Å². The zero-order valence-corrected chi connectivity index (χ0v) is 17.4. The van der Waals surface area contributed by atoms with Crippen LogP contribution in [0, 0.1) is 0 Å². The number of amides is 1. The number of rotatable bonds is 7. The first-order valence-corrected chi connectivity index (χ1v) is 9.67. The average Bonchev–Trinajstić information content (AvgIpc) is 2.72. The molecule has 3 rings (SSSR count). The Morgan fingerprint density at radius 1 is 1.07 bits per heavy atom. The van der Waals surface area contributed by atoms with Gasteiger partial charge >= 0.3 is 11.6 Å². The van der Waals surface area contributed by atoms with Crippen molar-refractivity contribution in [1.29, 1.82) is 0 Å². The van der Waals surface area contributed by atoms with Crippen LogP contribution in [-0.2, 0) is 4.74 Å². The van der Waals surface area contributed by atoms with Crippen LogP contribution < -0.4 is 15.7 Å². The van der Waals surface area contributed by atoms with Gasteiger partial charge in [0.15, 0.2) is 0 Å². The van der Waals surface area contributed by atoms with Crippen molar-refractivity contribution < 1.29 is 23.5 Å². The molecule has 0 aliphatic heterocycles. The molecule has 0 aliphatic rings. The lowest BCUT2D eigenvalue weighted by molar-refractivity contribution is 0.0734. The second-order valence-electron chi connectivity index (χ2n) is 6.27. The molecule has 1 amide bonds. The highest BCUT2D eigenvalue weighted by Crippen LogP contribution is 2.25. The van der Waals surface area contributed by atoms with E-state index < -0.39 is 17.5 Å². The molecule has 1 heterocycles. The summed E-state index contributed by atoms with van der Waals surface area (Å²) in [5, 5.41) is 3.68. The lowest BCUT2D eigenvalue weighted by Crippen LogP contribution is -2.29. The Labute approximate surface area is 181 Å². The molecule has 0 aliphatic carbocycles. The Balaban J connectivity index is 1.78. The lowest BCUT2D eigenvalue weighted by Gasteiger charge is -2.07. The minimum absolute atomic E-state index is 0.111. The van der Waals surface area contributed by atoms with Crippen molar-refractivity contribution in [2.75, 3.05) is 20.3 Å². The third kappa shape index (κ3) is 5.18. The van der Waals surface area contributed by atoms with E-state index in [2.05, 4.69) is 5.32 Å². The van der Waals surface area contributed by atoms with Gasteiger partial charge in [0.1, 0.15) is 16.9 Å². The fourth-order valence-corrected chi connectivity index (χ4v) is 2.91. The van der Waals surface area contributed by atoms with E-state index >= 15 is 0 Å². The normalized spacial score (nSPS) is 10.8. The highest BCUT2D eigenvalue weighted by Gasteiger charge is 2.15. The van der Waals surface area contributed by atoms with Gasteiger partial charge in [-0.05, 0) is 42.8 Å². The van der Waals surface area contributed by atoms with Crippen LogP contribution in [0.15, 0.2) is 51.7 Å². The molecule has 1 N–H and O–H groups in total. The van der Waals surface area contributed by atoms with Gasteiger partial charge in [0.25, 0.3) is 5.91 Å². The number of carbonyl (C=O) groups is 2. The van der Waals surface area contributed by atoms with Crippen molar-refractivity contribution in [3.05, 3.63) is 74.1 Å². The van der Waals surface area contributed by atoms with Gasteiger partial charge in [-0.3, -0.25) is 4.79 Å². The van der Waals surface area contributed by atoms with E-state index in [1.165, 1.54) is 36.4 Å². The molecule has 3 aromatic rings. The number of benzene rings is 2. The molecule has 0 saturated carbocycles. The summed E-state index contributed by atoms with van der Waals surface area (Å²) < 4.78 is 15.4. The van der Waals surface area contributed by atoms with E-state index in [1.54, 1.807) is 13.2 Å². The number of halogens is 2. The zero-order valence-electron chi connectivity index (χ0n) is 15.9. The zero-order chi connectivity index (χ0) is 21.7. The molecule has 7 nitrogen and oxygen atoms in total. The van der Waals surface area contributed by atoms with E-state index in [4.69, 9.17) is 37.1 Å². The second kappa shape index (κ2) is 9.75. The number of carbonyl (C=O) groups excluding carboxylic acids is 2. The van der Waals surface area contributed by atoms with Gasteiger partial charge in [-0.1, -0.05) is 23.2 Å². The third-order valence-electron chi connectivity index (χ3n) is 4.13. The number of ether oxygens (including phenoxy) is 2. The van der Waals surface area contributed by atoms with Crippen LogP contribution in [0.5, 0.6) is 5.75 Å². The van der Waals surface area contributed by atoms with Crippen LogP contribution in [0.25, 0.3) is 11.0 Å². The van der Waals surface area contributed by atoms with Crippen molar-refractivity contribution in [2.24, 2.45) is 0 Å². The highest BCUT2D eigenvalue weighted by atomic mass is 35.5. The molecule has 0 saturated heterocycles. The molecule has 1 aromatic heterocycles. The van der Waals surface area contributed by atoms with Crippen LogP contribution in [0.2, 0.25) is 10.0 Å². The molecule has 9 heteroatoms. The number of methoxy groups -OCH3 is 1. The molecule has 0 spiro atoms. The fourth-order valence-electron chi connectivity index (χ4n) is 2.62. The molecular formula is C21H17Cl2NO6. The number of hydrogen-bond donors (Lipinski definition) is 1. The van der Waals surface area contributed by atoms with Crippen molar-refractivity contribution >= 4 is 46.0 Å². The van der Waals surface area contributed by atoms with Crippen LogP contribution in [0.1, 0.15) is 27.1 Å². The van der Waals surface area contributed by atoms with Crippen molar-refractivity contribution in [3.63, 3.8) is 0 Å². The predicted molar refractivity (Wildman–Crippen MR) is 113 cm³/mol. The number of nitrogens with one attached hydrogen (secondary N) is 1. The summed E-state index contributed by atoms with van der Waals surface area (Å²) in [5.41, 5.74) is -0.512. The smallest absolute Gasteiger partial charge is 0.349 e. The van der Waals surface area contributed by atoms with E-state index in [0.717, 1.165) is 0 Å². The van der Waals surface area contributed by atoms with Gasteiger partial charge in [-0.15, -0.1) is 0 Å². The average molecular weight is 450 g/mol. The fraction of sp³-hybridized carbons (Fsp3) is 0.190. The van der Waals surface area contributed by atoms with Crippen LogP contribution in [0.3, 0.4) is 0 Å². The number of esters is 1. The summed E-state index contributed by atoms with van der Waals surface area (Å²) in [6.45, 7) is 0.865. The first-order chi connectivity index (χ1) is 14.4. The van der Waals surface area contributed by atoms with E-state index in [9.17, 15) is 14.4 Å². The second-order valence-corrected chi connectivity index (χ2v) is 7.08. The Hall–Kier alpha value is -2.87. The summed E-state index contributed by atoms with van der Waals surface area (Å²) in [5.74, 6) is -1.02. The maximum absolute atomic E-state index is 12.3. The quantitative estimate of drug-likeness (QED) is 0.252. The van der Waals surface area contributed by atoms with Crippen LogP contribution in [-0.4, -0.2) is 32.1 Å². The van der Waals surface area contributed by atoms with Crippen molar-refractivity contribution in [1.82, 2.24) is 5.32 Å². The van der Waals surface area contributed by atoms with E-state index in [1.807, 2.05) is 0 Å². The first kappa shape index (κ1) is 21.8. The van der Waals surface area contributed by atoms with E-state index in [-0.39, 0.29) is 27.5 Å². The van der Waals surface area contributed by atoms with Crippen molar-refractivity contribution in [2.45, 2.75) is 6.42 Å². The summed E-state index contributed by atoms with van der Waals surface area (Å²) in [7, 11) is 1.57. The Kier molecular flexibility index (Phi) is 7.10. The van der Waals surface area contributed by atoms with Gasteiger partial charge < -0.3 is 19.2 Å². The number of fused-ring (bicyclic) bond motifs is 1. The Bertz CT molecular complexity index is 1160. The van der Waals surface area contributed by atoms with Crippen molar-refractivity contribution in [3.8, 4) is 5.75 Å². The summed E-state index contributed by atoms with van der Waals surface area (Å²) >= 11 is 11.8. The Morgan fingerprint density at radius 3 is 2.60 bits per heavy atom. The van der Waals surface area contributed by atoms with Crippen LogP contribution >= 0.6 is 23.2 Å². The first-order valence-electron chi connectivity index (χ1n) is 8.91. The summed E-state index contributed by atoms with van der Waals surface area (Å²) in [6.07, 6.45) is 0.620. The summed E-state index contributed by atoms with van der Waals surface area (Å²) in [4.78, 5) is 36.7. The molecule has 30 heavy (non-hydrogen) atoms. The molecule has 0 bridgehead atoms. The number of hydrogen-bond acceptors (Lipinski definition) is 6.